The zero-order valence-corrected chi connectivity index (χ0v) is 8.40. The third-order valence-electron chi connectivity index (χ3n) is 2.16. The van der Waals surface area contributed by atoms with Crippen LogP contribution in [-0.4, -0.2) is 41.1 Å². The Morgan fingerprint density at radius 1 is 1.69 bits per heavy atom. The van der Waals surface area contributed by atoms with Gasteiger partial charge < -0.3 is 15.2 Å². The van der Waals surface area contributed by atoms with Crippen molar-refractivity contribution in [3.05, 3.63) is 12.2 Å². The summed E-state index contributed by atoms with van der Waals surface area (Å²) in [4.78, 5) is 26.2. The maximum absolute atomic E-state index is 11.6. The minimum absolute atomic E-state index is 0.109. The fourth-order valence-corrected chi connectivity index (χ4v) is 1.31. The Labute approximate surface area is 90.8 Å². The minimum atomic E-state index is -0.412. The van der Waals surface area contributed by atoms with Gasteiger partial charge >= 0.3 is 0 Å². The van der Waals surface area contributed by atoms with Gasteiger partial charge in [0.25, 0.3) is 0 Å². The van der Waals surface area contributed by atoms with Crippen LogP contribution in [0.3, 0.4) is 0 Å². The van der Waals surface area contributed by atoms with Crippen LogP contribution in [0.1, 0.15) is 5.82 Å². The van der Waals surface area contributed by atoms with Crippen LogP contribution in [-0.2, 0) is 16.1 Å². The van der Waals surface area contributed by atoms with Crippen molar-refractivity contribution in [3.63, 3.8) is 0 Å². The van der Waals surface area contributed by atoms with Crippen LogP contribution < -0.4 is 16.0 Å². The number of hydrogen-bond acceptors (Lipinski definition) is 6. The second kappa shape index (κ2) is 4.71. The average Bonchev–Trinajstić information content (AvgIpc) is 2.80. The van der Waals surface area contributed by atoms with E-state index in [0.717, 1.165) is 0 Å². The van der Waals surface area contributed by atoms with Crippen molar-refractivity contribution in [1.29, 1.82) is 0 Å². The largest absolute Gasteiger partial charge is 0.353 e. The monoisotopic (exact) mass is 225 g/mol. The summed E-state index contributed by atoms with van der Waals surface area (Å²) >= 11 is 0. The molecule has 1 fully saturated rings. The number of carbonyl (C=O) groups excluding carboxylic acids is 2. The van der Waals surface area contributed by atoms with E-state index in [9.17, 15) is 9.59 Å². The molecule has 1 aromatic heterocycles. The molecule has 86 valence electrons. The number of rotatable bonds is 3. The Morgan fingerprint density at radius 3 is 3.19 bits per heavy atom. The average molecular weight is 225 g/mol. The van der Waals surface area contributed by atoms with Crippen LogP contribution in [0.5, 0.6) is 0 Å². The molecule has 0 aromatic carbocycles. The molecule has 0 spiro atoms. The second-order valence-electron chi connectivity index (χ2n) is 3.30. The fourth-order valence-electron chi connectivity index (χ4n) is 1.31. The van der Waals surface area contributed by atoms with Crippen molar-refractivity contribution < 1.29 is 14.1 Å². The highest BCUT2D eigenvalue weighted by Crippen LogP contribution is 1.91. The molecule has 1 saturated heterocycles. The summed E-state index contributed by atoms with van der Waals surface area (Å²) in [6.07, 6.45) is 1.20. The van der Waals surface area contributed by atoms with Gasteiger partial charge in [-0.1, -0.05) is 5.16 Å². The molecule has 3 N–H and O–H groups in total. The van der Waals surface area contributed by atoms with Gasteiger partial charge in [0.1, 0.15) is 6.04 Å². The first kappa shape index (κ1) is 10.6. The molecule has 0 saturated carbocycles. The quantitative estimate of drug-likeness (QED) is 0.537. The maximum Gasteiger partial charge on any atom is 0.239 e. The second-order valence-corrected chi connectivity index (χ2v) is 3.30. The third kappa shape index (κ3) is 2.54. The Bertz CT molecular complexity index is 367. The van der Waals surface area contributed by atoms with Crippen molar-refractivity contribution >= 4 is 11.8 Å². The van der Waals surface area contributed by atoms with Gasteiger partial charge in [0.15, 0.2) is 5.82 Å². The van der Waals surface area contributed by atoms with E-state index in [2.05, 4.69) is 30.6 Å². The zero-order valence-electron chi connectivity index (χ0n) is 8.40. The van der Waals surface area contributed by atoms with Crippen LogP contribution in [0.2, 0.25) is 0 Å². The Hall–Kier alpha value is -1.96. The molecule has 1 aliphatic heterocycles. The molecular formula is C8H11N5O3. The molecule has 1 aliphatic rings. The van der Waals surface area contributed by atoms with Crippen LogP contribution in [0.15, 0.2) is 10.9 Å². The summed E-state index contributed by atoms with van der Waals surface area (Å²) < 4.78 is 4.52. The highest BCUT2D eigenvalue weighted by molar-refractivity contribution is 5.86. The highest BCUT2D eigenvalue weighted by atomic mass is 16.5. The van der Waals surface area contributed by atoms with Crippen LogP contribution in [0, 0.1) is 0 Å². The van der Waals surface area contributed by atoms with Crippen LogP contribution in [0.25, 0.3) is 0 Å². The highest BCUT2D eigenvalue weighted by Gasteiger charge is 2.23. The molecule has 0 aliphatic carbocycles. The van der Waals surface area contributed by atoms with E-state index in [-0.39, 0.29) is 31.4 Å². The number of hydrogen-bond donors (Lipinski definition) is 3. The predicted molar refractivity (Wildman–Crippen MR) is 50.9 cm³/mol. The number of aromatic nitrogens is 2. The number of amides is 2. The van der Waals surface area contributed by atoms with E-state index < -0.39 is 6.04 Å². The van der Waals surface area contributed by atoms with Gasteiger partial charge in [-0.2, -0.15) is 4.98 Å². The van der Waals surface area contributed by atoms with Gasteiger partial charge in [-0.05, 0) is 0 Å². The van der Waals surface area contributed by atoms with Gasteiger partial charge in [-0.15, -0.1) is 0 Å². The summed E-state index contributed by atoms with van der Waals surface area (Å²) in [6.45, 7) is 0.651. The minimum Gasteiger partial charge on any atom is -0.353 e. The standard InChI is InChI=1S/C8H11N5O3/c14-7-3-9-5(1-10-7)8(15)11-2-6-12-4-16-13-6/h4-5,9H,1-3H2,(H,10,14)(H,11,15). The van der Waals surface area contributed by atoms with Crippen molar-refractivity contribution in [3.8, 4) is 0 Å². The van der Waals surface area contributed by atoms with E-state index in [1.165, 1.54) is 6.39 Å². The number of carbonyl (C=O) groups is 2. The Morgan fingerprint density at radius 2 is 2.56 bits per heavy atom. The Balaban J connectivity index is 1.77. The van der Waals surface area contributed by atoms with Gasteiger partial charge in [0.05, 0.1) is 13.1 Å². The van der Waals surface area contributed by atoms with Crippen LogP contribution >= 0.6 is 0 Å². The van der Waals surface area contributed by atoms with E-state index in [0.29, 0.717) is 5.82 Å². The van der Waals surface area contributed by atoms with Crippen molar-refractivity contribution in [1.82, 2.24) is 26.1 Å². The normalized spacial score (nSPS) is 20.2. The lowest BCUT2D eigenvalue weighted by Crippen LogP contribution is -2.57. The zero-order chi connectivity index (χ0) is 11.4. The number of piperazine rings is 1. The van der Waals surface area contributed by atoms with Crippen molar-refractivity contribution in [2.24, 2.45) is 0 Å². The maximum atomic E-state index is 11.6. The van der Waals surface area contributed by atoms with E-state index in [1.54, 1.807) is 0 Å². The Kier molecular flexibility index (Phi) is 3.10. The molecule has 8 nitrogen and oxygen atoms in total. The summed E-state index contributed by atoms with van der Waals surface area (Å²) in [5.41, 5.74) is 0. The number of nitrogens with one attached hydrogen (secondary N) is 3. The lowest BCUT2D eigenvalue weighted by Gasteiger charge is -2.22. The smallest absolute Gasteiger partial charge is 0.239 e. The molecular weight excluding hydrogens is 214 g/mol. The van der Waals surface area contributed by atoms with E-state index in [1.807, 2.05) is 0 Å². The van der Waals surface area contributed by atoms with E-state index in [4.69, 9.17) is 0 Å². The molecule has 1 atom stereocenters. The van der Waals surface area contributed by atoms with Gasteiger partial charge in [0, 0.05) is 6.54 Å². The molecule has 2 amide bonds. The van der Waals surface area contributed by atoms with Gasteiger partial charge in [-0.3, -0.25) is 14.9 Å². The molecule has 2 heterocycles. The topological polar surface area (TPSA) is 109 Å². The summed E-state index contributed by atoms with van der Waals surface area (Å²) in [5, 5.41) is 11.6. The summed E-state index contributed by atoms with van der Waals surface area (Å²) in [7, 11) is 0. The lowest BCUT2D eigenvalue weighted by molar-refractivity contribution is -0.126. The van der Waals surface area contributed by atoms with Crippen molar-refractivity contribution in [2.45, 2.75) is 12.6 Å². The first-order valence-electron chi connectivity index (χ1n) is 4.79. The number of nitrogens with zero attached hydrogens (tertiary/aromatic N) is 2. The van der Waals surface area contributed by atoms with Gasteiger partial charge in [0.2, 0.25) is 18.2 Å². The predicted octanol–water partition coefficient (Wildman–Crippen LogP) is -2.23. The fraction of sp³-hybridized carbons (Fsp3) is 0.500. The van der Waals surface area contributed by atoms with E-state index >= 15 is 0 Å². The summed E-state index contributed by atoms with van der Waals surface area (Å²) in [5.74, 6) is 0.0974. The molecule has 2 rings (SSSR count). The van der Waals surface area contributed by atoms with Gasteiger partial charge in [-0.25, -0.2) is 0 Å². The molecule has 16 heavy (non-hydrogen) atoms. The van der Waals surface area contributed by atoms with Crippen LogP contribution in [0.4, 0.5) is 0 Å². The molecule has 1 unspecified atom stereocenters. The molecule has 0 radical (unpaired) electrons. The van der Waals surface area contributed by atoms with Crippen molar-refractivity contribution in [2.75, 3.05) is 13.1 Å². The molecule has 1 aromatic rings. The lowest BCUT2D eigenvalue weighted by atomic mass is 10.2. The SMILES string of the molecule is O=C1CNC(C(=O)NCc2ncon2)CN1. The first-order chi connectivity index (χ1) is 7.75. The summed E-state index contributed by atoms with van der Waals surface area (Å²) in [6, 6.07) is -0.412. The molecule has 8 heteroatoms. The first-order valence-corrected chi connectivity index (χ1v) is 4.79. The third-order valence-corrected chi connectivity index (χ3v) is 2.16. The molecule has 0 bridgehead atoms.